The van der Waals surface area contributed by atoms with Crippen LogP contribution in [-0.2, 0) is 16.0 Å². The number of carbonyl (C=O) groups excluding carboxylic acids is 1. The quantitative estimate of drug-likeness (QED) is 0.339. The maximum Gasteiger partial charge on any atom is 0.411 e. The lowest BCUT2D eigenvalue weighted by Gasteiger charge is -2.14. The maximum absolute atomic E-state index is 12.2. The first-order valence-electron chi connectivity index (χ1n) is 12.4. The molecule has 35 heavy (non-hydrogen) atoms. The van der Waals surface area contributed by atoms with Crippen LogP contribution >= 0.6 is 0 Å². The van der Waals surface area contributed by atoms with Gasteiger partial charge in [-0.05, 0) is 61.9 Å². The number of aromatic nitrogens is 1. The molecule has 1 heterocycles. The van der Waals surface area contributed by atoms with E-state index in [1.54, 1.807) is 7.11 Å². The molecule has 1 N–H and O–H groups in total. The van der Waals surface area contributed by atoms with E-state index in [2.05, 4.69) is 22.9 Å². The molecule has 1 aliphatic carbocycles. The molecule has 0 bridgehead atoms. The molecule has 0 atom stereocenters. The molecule has 184 valence electrons. The van der Waals surface area contributed by atoms with Crippen LogP contribution in [0, 0.1) is 11.3 Å². The molecule has 1 aliphatic rings. The number of nitrogens with one attached hydrogen (secondary N) is 1. The van der Waals surface area contributed by atoms with Crippen molar-refractivity contribution >= 4 is 22.7 Å². The Labute approximate surface area is 206 Å². The molecule has 1 amide bonds. The van der Waals surface area contributed by atoms with Gasteiger partial charge in [-0.15, -0.1) is 0 Å². The lowest BCUT2D eigenvalue weighted by atomic mass is 10.1. The van der Waals surface area contributed by atoms with E-state index < -0.39 is 6.09 Å². The smallest absolute Gasteiger partial charge is 0.411 e. The topological polar surface area (TPSA) is 85.5 Å². The van der Waals surface area contributed by atoms with Crippen LogP contribution in [0.1, 0.15) is 51.0 Å². The van der Waals surface area contributed by atoms with Crippen molar-refractivity contribution in [1.29, 1.82) is 5.26 Å². The minimum Gasteiger partial charge on any atom is -0.491 e. The van der Waals surface area contributed by atoms with Gasteiger partial charge in [0.05, 0.1) is 23.4 Å². The molecule has 0 saturated heterocycles. The number of rotatable bonds is 10. The van der Waals surface area contributed by atoms with Gasteiger partial charge in [0.15, 0.2) is 0 Å². The molecule has 0 spiro atoms. The molecule has 0 aliphatic heterocycles. The minimum absolute atomic E-state index is 0.0186. The van der Waals surface area contributed by atoms with Gasteiger partial charge in [0, 0.05) is 30.8 Å². The van der Waals surface area contributed by atoms with Gasteiger partial charge in [-0.1, -0.05) is 25.5 Å². The molecular formula is C28H33N3O4. The Balaban J connectivity index is 1.63. The van der Waals surface area contributed by atoms with Gasteiger partial charge in [-0.2, -0.15) is 5.26 Å². The number of ether oxygens (including phenoxy) is 3. The average Bonchev–Trinajstić information content (AvgIpc) is 3.48. The third-order valence-corrected chi connectivity index (χ3v) is 6.42. The molecule has 0 unspecified atom stereocenters. The summed E-state index contributed by atoms with van der Waals surface area (Å²) in [5.41, 5.74) is 4.08. The number of nitriles is 1. The number of hydrogen-bond donors (Lipinski definition) is 1. The van der Waals surface area contributed by atoms with Crippen LogP contribution in [0.25, 0.3) is 22.2 Å². The highest BCUT2D eigenvalue weighted by atomic mass is 16.6. The molecule has 4 rings (SSSR count). The SMILES string of the molecule is CCCCn1c(-c2ccc(NC(=O)OC3CCCC3)cc2)c(C#N)c2ccc(OCCOC)cc21. The minimum atomic E-state index is -0.416. The van der Waals surface area contributed by atoms with Crippen molar-refractivity contribution in [2.75, 3.05) is 25.6 Å². The Hall–Kier alpha value is -3.50. The zero-order chi connectivity index (χ0) is 24.6. The third kappa shape index (κ3) is 5.77. The van der Waals surface area contributed by atoms with Gasteiger partial charge < -0.3 is 18.8 Å². The third-order valence-electron chi connectivity index (χ3n) is 6.42. The Bertz CT molecular complexity index is 1190. The fourth-order valence-electron chi connectivity index (χ4n) is 4.64. The largest absolute Gasteiger partial charge is 0.491 e. The molecule has 1 aromatic heterocycles. The standard InChI is InChI=1S/C28H33N3O4/c1-3-4-15-31-26-18-23(34-17-16-33-2)13-14-24(26)25(19-29)27(31)20-9-11-21(12-10-20)30-28(32)35-22-7-5-6-8-22/h9-14,18,22H,3-8,15-17H2,1-2H3,(H,30,32). The molecule has 7 heteroatoms. The number of hydrogen-bond acceptors (Lipinski definition) is 5. The lowest BCUT2D eigenvalue weighted by Crippen LogP contribution is -2.20. The summed E-state index contributed by atoms with van der Waals surface area (Å²) in [5, 5.41) is 13.8. The van der Waals surface area contributed by atoms with Crippen LogP contribution in [0.3, 0.4) is 0 Å². The molecule has 7 nitrogen and oxygen atoms in total. The number of methoxy groups -OCH3 is 1. The van der Waals surface area contributed by atoms with Gasteiger partial charge in [0.2, 0.25) is 0 Å². The van der Waals surface area contributed by atoms with Crippen LogP contribution in [0.4, 0.5) is 10.5 Å². The van der Waals surface area contributed by atoms with Gasteiger partial charge >= 0.3 is 6.09 Å². The normalized spacial score (nSPS) is 13.6. The zero-order valence-electron chi connectivity index (χ0n) is 20.5. The Morgan fingerprint density at radius 1 is 1.14 bits per heavy atom. The summed E-state index contributed by atoms with van der Waals surface area (Å²) in [6, 6.07) is 15.9. The molecule has 2 aromatic carbocycles. The van der Waals surface area contributed by atoms with Crippen LogP contribution in [-0.4, -0.2) is 37.1 Å². The van der Waals surface area contributed by atoms with Crippen molar-refractivity contribution in [3.8, 4) is 23.1 Å². The summed E-state index contributed by atoms with van der Waals surface area (Å²) in [6.45, 7) is 3.92. The molecule has 1 fully saturated rings. The van der Waals surface area contributed by atoms with E-state index in [1.165, 1.54) is 0 Å². The second-order valence-corrected chi connectivity index (χ2v) is 8.87. The predicted molar refractivity (Wildman–Crippen MR) is 137 cm³/mol. The van der Waals surface area contributed by atoms with Crippen LogP contribution in [0.5, 0.6) is 5.75 Å². The van der Waals surface area contributed by atoms with E-state index in [1.807, 2.05) is 42.5 Å². The summed E-state index contributed by atoms with van der Waals surface area (Å²) in [4.78, 5) is 12.2. The van der Waals surface area contributed by atoms with E-state index in [4.69, 9.17) is 14.2 Å². The van der Waals surface area contributed by atoms with E-state index >= 15 is 0 Å². The van der Waals surface area contributed by atoms with Crippen molar-refractivity contribution < 1.29 is 19.0 Å². The first-order chi connectivity index (χ1) is 17.1. The van der Waals surface area contributed by atoms with E-state index in [0.29, 0.717) is 24.5 Å². The number of nitrogens with zero attached hydrogens (tertiary/aromatic N) is 2. The first-order valence-corrected chi connectivity index (χ1v) is 12.4. The van der Waals surface area contributed by atoms with E-state index in [-0.39, 0.29) is 6.10 Å². The molecular weight excluding hydrogens is 442 g/mol. The summed E-state index contributed by atoms with van der Waals surface area (Å²) < 4.78 is 18.6. The summed E-state index contributed by atoms with van der Waals surface area (Å²) >= 11 is 0. The van der Waals surface area contributed by atoms with Crippen molar-refractivity contribution in [3.05, 3.63) is 48.0 Å². The number of benzene rings is 2. The highest BCUT2D eigenvalue weighted by Gasteiger charge is 2.21. The second kappa shape index (κ2) is 11.8. The fraction of sp³-hybridized carbons (Fsp3) is 0.429. The van der Waals surface area contributed by atoms with Crippen molar-refractivity contribution in [2.45, 2.75) is 58.1 Å². The van der Waals surface area contributed by atoms with Gasteiger partial charge in [-0.3, -0.25) is 5.32 Å². The van der Waals surface area contributed by atoms with Crippen molar-refractivity contribution in [1.82, 2.24) is 4.57 Å². The predicted octanol–water partition coefficient (Wildman–Crippen LogP) is 6.50. The van der Waals surface area contributed by atoms with Crippen LogP contribution in [0.2, 0.25) is 0 Å². The second-order valence-electron chi connectivity index (χ2n) is 8.87. The number of amides is 1. The molecule has 3 aromatic rings. The average molecular weight is 476 g/mol. The van der Waals surface area contributed by atoms with Crippen molar-refractivity contribution in [3.63, 3.8) is 0 Å². The maximum atomic E-state index is 12.2. The number of unbranched alkanes of at least 4 members (excludes halogenated alkanes) is 1. The Morgan fingerprint density at radius 2 is 1.91 bits per heavy atom. The molecule has 1 saturated carbocycles. The van der Waals surface area contributed by atoms with Crippen molar-refractivity contribution in [2.24, 2.45) is 0 Å². The van der Waals surface area contributed by atoms with Gasteiger partial charge in [0.25, 0.3) is 0 Å². The van der Waals surface area contributed by atoms with Gasteiger partial charge in [-0.25, -0.2) is 4.79 Å². The van der Waals surface area contributed by atoms with E-state index in [9.17, 15) is 10.1 Å². The highest BCUT2D eigenvalue weighted by molar-refractivity contribution is 5.95. The summed E-state index contributed by atoms with van der Waals surface area (Å²) in [5.74, 6) is 0.751. The van der Waals surface area contributed by atoms with Crippen LogP contribution in [0.15, 0.2) is 42.5 Å². The van der Waals surface area contributed by atoms with Crippen LogP contribution < -0.4 is 10.1 Å². The summed E-state index contributed by atoms with van der Waals surface area (Å²) in [7, 11) is 1.65. The number of carbonyl (C=O) groups is 1. The Morgan fingerprint density at radius 3 is 2.60 bits per heavy atom. The first kappa shape index (κ1) is 24.6. The summed E-state index contributed by atoms with van der Waals surface area (Å²) in [6.07, 6.45) is 5.72. The lowest BCUT2D eigenvalue weighted by molar-refractivity contribution is 0.114. The Kier molecular flexibility index (Phi) is 8.27. The fourth-order valence-corrected chi connectivity index (χ4v) is 4.64. The number of anilines is 1. The number of aryl methyl sites for hydroxylation is 1. The van der Waals surface area contributed by atoms with E-state index in [0.717, 1.165) is 73.0 Å². The monoisotopic (exact) mass is 475 g/mol. The highest BCUT2D eigenvalue weighted by Crippen LogP contribution is 2.36. The number of fused-ring (bicyclic) bond motifs is 1. The molecule has 0 radical (unpaired) electrons. The van der Waals surface area contributed by atoms with Gasteiger partial charge in [0.1, 0.15) is 24.5 Å². The zero-order valence-corrected chi connectivity index (χ0v) is 20.5.